The third kappa shape index (κ3) is 4.43. The average Bonchev–Trinajstić information content (AvgIpc) is 3.16. The van der Waals surface area contributed by atoms with Gasteiger partial charge >= 0.3 is 0 Å². The van der Waals surface area contributed by atoms with Crippen molar-refractivity contribution in [1.29, 1.82) is 0 Å². The van der Waals surface area contributed by atoms with E-state index in [9.17, 15) is 13.2 Å². The van der Waals surface area contributed by atoms with Crippen molar-refractivity contribution in [2.45, 2.75) is 18.7 Å². The highest BCUT2D eigenvalue weighted by molar-refractivity contribution is 7.91. The van der Waals surface area contributed by atoms with Gasteiger partial charge in [-0.15, -0.1) is 0 Å². The summed E-state index contributed by atoms with van der Waals surface area (Å²) in [6.45, 7) is 9.71. The van der Waals surface area contributed by atoms with Crippen LogP contribution < -0.4 is 4.90 Å². The van der Waals surface area contributed by atoms with Gasteiger partial charge < -0.3 is 9.80 Å². The Hall–Kier alpha value is -2.45. The maximum atomic E-state index is 13.0. The van der Waals surface area contributed by atoms with Crippen LogP contribution in [0.15, 0.2) is 41.8 Å². The molecule has 1 aromatic heterocycles. The van der Waals surface area contributed by atoms with Gasteiger partial charge in [0.15, 0.2) is 15.0 Å². The molecule has 0 spiro atoms. The van der Waals surface area contributed by atoms with Crippen molar-refractivity contribution in [3.63, 3.8) is 0 Å². The predicted octanol–water partition coefficient (Wildman–Crippen LogP) is 3.58. The van der Waals surface area contributed by atoms with Gasteiger partial charge in [-0.25, -0.2) is 13.4 Å². The Bertz CT molecular complexity index is 1030. The maximum Gasteiger partial charge on any atom is 0.255 e. The Morgan fingerprint density at radius 2 is 1.93 bits per heavy atom. The van der Waals surface area contributed by atoms with Gasteiger partial charge in [-0.1, -0.05) is 43.0 Å². The number of amides is 1. The fourth-order valence-electron chi connectivity index (χ4n) is 3.23. The standard InChI is InChI=1S/C21H25N3O3S2/c1-4-9-17-18(5-2)28-21(22-17)24-14-12-23(13-15-24)20(25)16-10-7-8-11-19(16)29(26,27)6-3/h4-5,7-11H,2,6,12-15H2,1,3H3/b9-4-. The van der Waals surface area contributed by atoms with Crippen molar-refractivity contribution in [3.05, 3.63) is 53.1 Å². The molecular weight excluding hydrogens is 406 g/mol. The molecule has 2 aromatic rings. The maximum absolute atomic E-state index is 13.0. The van der Waals surface area contributed by atoms with Crippen molar-refractivity contribution in [1.82, 2.24) is 9.88 Å². The number of aromatic nitrogens is 1. The fourth-order valence-corrected chi connectivity index (χ4v) is 5.27. The van der Waals surface area contributed by atoms with Gasteiger partial charge in [-0.2, -0.15) is 0 Å². The van der Waals surface area contributed by atoms with Crippen LogP contribution in [-0.2, 0) is 9.84 Å². The van der Waals surface area contributed by atoms with Crippen LogP contribution >= 0.6 is 11.3 Å². The molecule has 0 saturated carbocycles. The predicted molar refractivity (Wildman–Crippen MR) is 119 cm³/mol. The zero-order valence-electron chi connectivity index (χ0n) is 16.7. The summed E-state index contributed by atoms with van der Waals surface area (Å²) < 4.78 is 24.7. The van der Waals surface area contributed by atoms with Crippen molar-refractivity contribution in [2.24, 2.45) is 0 Å². The molecule has 0 N–H and O–H groups in total. The van der Waals surface area contributed by atoms with Crippen LogP contribution in [0, 0.1) is 0 Å². The molecule has 1 amide bonds. The van der Waals surface area contributed by atoms with Crippen LogP contribution in [-0.4, -0.2) is 56.1 Å². The zero-order valence-corrected chi connectivity index (χ0v) is 18.3. The summed E-state index contributed by atoms with van der Waals surface area (Å²) in [7, 11) is -3.46. The SMILES string of the molecule is C=Cc1sc(N2CCN(C(=O)c3ccccc3S(=O)(=O)CC)CC2)nc1/C=C\C. The topological polar surface area (TPSA) is 70.6 Å². The normalized spacial score (nSPS) is 15.1. The number of thiazole rings is 1. The Morgan fingerprint density at radius 1 is 1.24 bits per heavy atom. The van der Waals surface area contributed by atoms with E-state index in [1.807, 2.05) is 19.1 Å². The number of benzene rings is 1. The number of sulfone groups is 1. The molecule has 0 unspecified atom stereocenters. The minimum atomic E-state index is -3.46. The van der Waals surface area contributed by atoms with E-state index in [-0.39, 0.29) is 22.1 Å². The molecule has 6 nitrogen and oxygen atoms in total. The van der Waals surface area contributed by atoms with E-state index in [4.69, 9.17) is 0 Å². The van der Waals surface area contributed by atoms with Crippen molar-refractivity contribution < 1.29 is 13.2 Å². The van der Waals surface area contributed by atoms with Gasteiger partial charge in [0.05, 0.1) is 26.8 Å². The highest BCUT2D eigenvalue weighted by Crippen LogP contribution is 2.29. The summed E-state index contributed by atoms with van der Waals surface area (Å²) in [4.78, 5) is 22.7. The minimum absolute atomic E-state index is 0.0324. The first-order chi connectivity index (χ1) is 13.9. The quantitative estimate of drug-likeness (QED) is 0.699. The molecule has 1 fully saturated rings. The van der Waals surface area contributed by atoms with Gasteiger partial charge in [0.1, 0.15) is 0 Å². The lowest BCUT2D eigenvalue weighted by Gasteiger charge is -2.34. The van der Waals surface area contributed by atoms with E-state index >= 15 is 0 Å². The highest BCUT2D eigenvalue weighted by atomic mass is 32.2. The summed E-state index contributed by atoms with van der Waals surface area (Å²) in [6, 6.07) is 6.46. The van der Waals surface area contributed by atoms with Crippen LogP contribution in [0.3, 0.4) is 0 Å². The molecule has 0 atom stereocenters. The van der Waals surface area contributed by atoms with Crippen molar-refractivity contribution in [3.8, 4) is 0 Å². The lowest BCUT2D eigenvalue weighted by atomic mass is 10.2. The van der Waals surface area contributed by atoms with E-state index in [1.54, 1.807) is 47.4 Å². The number of carbonyl (C=O) groups excluding carboxylic acids is 1. The molecule has 0 aliphatic carbocycles. The van der Waals surface area contributed by atoms with Crippen molar-refractivity contribution in [2.75, 3.05) is 36.8 Å². The van der Waals surface area contributed by atoms with E-state index in [2.05, 4.69) is 16.5 Å². The lowest BCUT2D eigenvalue weighted by Crippen LogP contribution is -2.49. The molecular formula is C21H25N3O3S2. The summed E-state index contributed by atoms with van der Waals surface area (Å²) in [6.07, 6.45) is 5.72. The number of rotatable bonds is 6. The van der Waals surface area contributed by atoms with Crippen LogP contribution in [0.2, 0.25) is 0 Å². The van der Waals surface area contributed by atoms with Crippen LogP contribution in [0.25, 0.3) is 12.2 Å². The molecule has 0 radical (unpaired) electrons. The Balaban J connectivity index is 1.75. The molecule has 154 valence electrons. The summed E-state index contributed by atoms with van der Waals surface area (Å²) >= 11 is 1.58. The molecule has 3 rings (SSSR count). The fraction of sp³-hybridized carbons (Fsp3) is 0.333. The van der Waals surface area contributed by atoms with Gasteiger partial charge in [-0.3, -0.25) is 4.79 Å². The molecule has 1 aliphatic rings. The number of allylic oxidation sites excluding steroid dienone is 1. The second-order valence-corrected chi connectivity index (χ2v) is 9.88. The zero-order chi connectivity index (χ0) is 21.0. The van der Waals surface area contributed by atoms with Gasteiger partial charge in [0.2, 0.25) is 0 Å². The smallest absolute Gasteiger partial charge is 0.255 e. The Labute approximate surface area is 176 Å². The molecule has 0 bridgehead atoms. The average molecular weight is 432 g/mol. The first kappa shape index (κ1) is 21.3. The largest absolute Gasteiger partial charge is 0.345 e. The van der Waals surface area contributed by atoms with Gasteiger partial charge in [-0.05, 0) is 31.2 Å². The first-order valence-corrected chi connectivity index (χ1v) is 12.0. The van der Waals surface area contributed by atoms with E-state index in [0.29, 0.717) is 26.2 Å². The number of hydrogen-bond acceptors (Lipinski definition) is 6. The number of piperazine rings is 1. The van der Waals surface area contributed by atoms with Gasteiger partial charge in [0, 0.05) is 26.2 Å². The van der Waals surface area contributed by atoms with Crippen LogP contribution in [0.4, 0.5) is 5.13 Å². The van der Waals surface area contributed by atoms with E-state index in [0.717, 1.165) is 15.7 Å². The summed E-state index contributed by atoms with van der Waals surface area (Å²) in [5.74, 6) is -0.271. The number of nitrogens with zero attached hydrogens (tertiary/aromatic N) is 3. The molecule has 8 heteroatoms. The summed E-state index contributed by atoms with van der Waals surface area (Å²) in [5.41, 5.74) is 1.15. The second kappa shape index (κ2) is 8.92. The molecule has 2 heterocycles. The second-order valence-electron chi connectivity index (χ2n) is 6.63. The molecule has 29 heavy (non-hydrogen) atoms. The van der Waals surface area contributed by atoms with Gasteiger partial charge in [0.25, 0.3) is 5.91 Å². The number of carbonyl (C=O) groups is 1. The van der Waals surface area contributed by atoms with E-state index < -0.39 is 9.84 Å². The third-order valence-electron chi connectivity index (χ3n) is 4.85. The summed E-state index contributed by atoms with van der Waals surface area (Å²) in [5, 5.41) is 0.911. The van der Waals surface area contributed by atoms with Crippen LogP contribution in [0.5, 0.6) is 0 Å². The Kier molecular flexibility index (Phi) is 6.54. The van der Waals surface area contributed by atoms with Crippen LogP contribution in [0.1, 0.15) is 34.8 Å². The number of anilines is 1. The lowest BCUT2D eigenvalue weighted by molar-refractivity contribution is 0.0743. The monoisotopic (exact) mass is 431 g/mol. The third-order valence-corrected chi connectivity index (χ3v) is 7.76. The minimum Gasteiger partial charge on any atom is -0.345 e. The first-order valence-electron chi connectivity index (χ1n) is 9.53. The molecule has 1 saturated heterocycles. The van der Waals surface area contributed by atoms with E-state index in [1.165, 1.54) is 6.07 Å². The molecule has 1 aromatic carbocycles. The Morgan fingerprint density at radius 3 is 2.55 bits per heavy atom. The van der Waals surface area contributed by atoms with Crippen molar-refractivity contribution >= 4 is 44.4 Å². The number of hydrogen-bond donors (Lipinski definition) is 0. The highest BCUT2D eigenvalue weighted by Gasteiger charge is 2.28. The molecule has 1 aliphatic heterocycles.